The van der Waals surface area contributed by atoms with E-state index in [9.17, 15) is 14.4 Å². The summed E-state index contributed by atoms with van der Waals surface area (Å²) in [5.41, 5.74) is 4.56. The predicted molar refractivity (Wildman–Crippen MR) is 121 cm³/mol. The van der Waals surface area contributed by atoms with E-state index in [2.05, 4.69) is 29.6 Å². The number of fused-ring (bicyclic) bond motifs is 3. The van der Waals surface area contributed by atoms with E-state index >= 15 is 0 Å². The molecule has 0 aliphatic heterocycles. The fourth-order valence-corrected chi connectivity index (χ4v) is 4.13. The molecule has 0 aromatic heterocycles. The number of alkyl carbamates (subject to hydrolysis) is 1. The minimum Gasteiger partial charge on any atom is -0.480 e. The number of nitrogens with zero attached hydrogens (tertiary/aromatic N) is 1. The fourth-order valence-electron chi connectivity index (χ4n) is 4.13. The molecule has 0 fully saturated rings. The lowest BCUT2D eigenvalue weighted by Crippen LogP contribution is -2.45. The number of ether oxygens (including phenoxy) is 1. The Balaban J connectivity index is 1.57. The first kappa shape index (κ1) is 23.3. The second kappa shape index (κ2) is 10.3. The molecule has 2 N–H and O–H groups in total. The summed E-state index contributed by atoms with van der Waals surface area (Å²) in [7, 11) is 0. The predicted octanol–water partition coefficient (Wildman–Crippen LogP) is 4.02. The van der Waals surface area contributed by atoms with Gasteiger partial charge in [0.2, 0.25) is 5.91 Å². The number of rotatable bonds is 9. The number of carbonyl (C=O) groups excluding carboxylic acids is 2. The Morgan fingerprint density at radius 1 is 1.03 bits per heavy atom. The van der Waals surface area contributed by atoms with Gasteiger partial charge in [-0.25, -0.2) is 4.79 Å². The molecule has 2 atom stereocenters. The molecule has 7 heteroatoms. The molecule has 1 unspecified atom stereocenters. The average molecular weight is 439 g/mol. The monoisotopic (exact) mass is 438 g/mol. The lowest BCUT2D eigenvalue weighted by atomic mass is 9.98. The van der Waals surface area contributed by atoms with Crippen molar-refractivity contribution < 1.29 is 24.2 Å². The number of amides is 2. The summed E-state index contributed by atoms with van der Waals surface area (Å²) in [6, 6.07) is 15.5. The molecule has 1 aliphatic carbocycles. The topological polar surface area (TPSA) is 95.9 Å². The van der Waals surface area contributed by atoms with E-state index in [0.29, 0.717) is 6.42 Å². The SMILES string of the molecule is CCC(C)N(CC(=O)O)C(=O)C[C@@H](C)NC(=O)OCC1c2ccccc2-c2ccccc21. The molecule has 0 saturated carbocycles. The molecular formula is C25H30N2O5. The van der Waals surface area contributed by atoms with Crippen molar-refractivity contribution in [1.82, 2.24) is 10.2 Å². The molecule has 170 valence electrons. The average Bonchev–Trinajstić information content (AvgIpc) is 3.09. The third-order valence-corrected chi connectivity index (χ3v) is 5.94. The van der Waals surface area contributed by atoms with Crippen LogP contribution in [0.2, 0.25) is 0 Å². The van der Waals surface area contributed by atoms with Gasteiger partial charge in [0, 0.05) is 24.4 Å². The lowest BCUT2D eigenvalue weighted by Gasteiger charge is -2.28. The van der Waals surface area contributed by atoms with Gasteiger partial charge in [0.05, 0.1) is 0 Å². The first-order valence-corrected chi connectivity index (χ1v) is 10.9. The van der Waals surface area contributed by atoms with E-state index in [1.165, 1.54) is 4.90 Å². The summed E-state index contributed by atoms with van der Waals surface area (Å²) in [5.74, 6) is -1.41. The zero-order valence-electron chi connectivity index (χ0n) is 18.7. The van der Waals surface area contributed by atoms with Gasteiger partial charge in [-0.15, -0.1) is 0 Å². The van der Waals surface area contributed by atoms with Crippen LogP contribution in [0.15, 0.2) is 48.5 Å². The van der Waals surface area contributed by atoms with Crippen LogP contribution in [0.5, 0.6) is 0 Å². The Morgan fingerprint density at radius 3 is 2.12 bits per heavy atom. The molecule has 32 heavy (non-hydrogen) atoms. The van der Waals surface area contributed by atoms with E-state index < -0.39 is 18.1 Å². The molecule has 2 aromatic carbocycles. The standard InChI is InChI=1S/C25H30N2O5/c1-4-17(3)27(14-24(29)30)23(28)13-16(2)26-25(31)32-15-22-20-11-7-5-9-18(20)19-10-6-8-12-21(19)22/h5-12,16-17,22H,4,13-15H2,1-3H3,(H,26,31)(H,29,30)/t16-,17?/m1/s1. The molecule has 0 saturated heterocycles. The van der Waals surface area contributed by atoms with Crippen LogP contribution in [0.1, 0.15) is 50.7 Å². The van der Waals surface area contributed by atoms with Gasteiger partial charge in [0.1, 0.15) is 13.2 Å². The highest BCUT2D eigenvalue weighted by atomic mass is 16.5. The van der Waals surface area contributed by atoms with Gasteiger partial charge >= 0.3 is 12.1 Å². The second-order valence-corrected chi connectivity index (χ2v) is 8.25. The smallest absolute Gasteiger partial charge is 0.407 e. The Kier molecular flexibility index (Phi) is 7.51. The Labute approximate surface area is 188 Å². The first-order valence-electron chi connectivity index (χ1n) is 10.9. The normalized spacial score (nSPS) is 14.1. The van der Waals surface area contributed by atoms with E-state index in [-0.39, 0.29) is 37.4 Å². The number of carboxylic acids is 1. The van der Waals surface area contributed by atoms with Gasteiger partial charge in [-0.1, -0.05) is 55.5 Å². The van der Waals surface area contributed by atoms with Crippen LogP contribution in [0.3, 0.4) is 0 Å². The summed E-state index contributed by atoms with van der Waals surface area (Å²) in [4.78, 5) is 37.4. The van der Waals surface area contributed by atoms with E-state index in [1.54, 1.807) is 6.92 Å². The Bertz CT molecular complexity index is 944. The lowest BCUT2D eigenvalue weighted by molar-refractivity contribution is -0.146. The van der Waals surface area contributed by atoms with Crippen LogP contribution in [0.4, 0.5) is 4.79 Å². The van der Waals surface area contributed by atoms with Gasteiger partial charge in [-0.3, -0.25) is 9.59 Å². The van der Waals surface area contributed by atoms with Crippen molar-refractivity contribution in [3.63, 3.8) is 0 Å². The number of aliphatic carboxylic acids is 1. The summed E-state index contributed by atoms with van der Waals surface area (Å²) >= 11 is 0. The third-order valence-electron chi connectivity index (χ3n) is 5.94. The first-order chi connectivity index (χ1) is 15.3. The molecule has 1 aliphatic rings. The quantitative estimate of drug-likeness (QED) is 0.617. The van der Waals surface area contributed by atoms with E-state index in [0.717, 1.165) is 22.3 Å². The molecular weight excluding hydrogens is 408 g/mol. The van der Waals surface area contributed by atoms with Crippen molar-refractivity contribution in [1.29, 1.82) is 0 Å². The summed E-state index contributed by atoms with van der Waals surface area (Å²) in [6.07, 6.45) is 0.0511. The summed E-state index contributed by atoms with van der Waals surface area (Å²) in [5, 5.41) is 11.8. The fraction of sp³-hybridized carbons (Fsp3) is 0.400. The Hall–Kier alpha value is -3.35. The van der Waals surface area contributed by atoms with Crippen LogP contribution < -0.4 is 5.32 Å². The molecule has 3 rings (SSSR count). The van der Waals surface area contributed by atoms with Gasteiger partial charge in [0.15, 0.2) is 0 Å². The van der Waals surface area contributed by atoms with Crippen molar-refractivity contribution in [2.45, 2.75) is 51.6 Å². The van der Waals surface area contributed by atoms with Crippen molar-refractivity contribution >= 4 is 18.0 Å². The maximum absolute atomic E-state index is 12.6. The number of nitrogens with one attached hydrogen (secondary N) is 1. The van der Waals surface area contributed by atoms with E-state index in [1.807, 2.05) is 38.1 Å². The van der Waals surface area contributed by atoms with Crippen LogP contribution in [0, 0.1) is 0 Å². The highest BCUT2D eigenvalue weighted by Gasteiger charge is 2.29. The maximum Gasteiger partial charge on any atom is 0.407 e. The molecule has 0 radical (unpaired) electrons. The largest absolute Gasteiger partial charge is 0.480 e. The van der Waals surface area contributed by atoms with Crippen LogP contribution in [0.25, 0.3) is 11.1 Å². The summed E-state index contributed by atoms with van der Waals surface area (Å²) in [6.45, 7) is 5.24. The minimum absolute atomic E-state index is 0.00180. The van der Waals surface area contributed by atoms with Gasteiger partial charge in [-0.2, -0.15) is 0 Å². The van der Waals surface area contributed by atoms with Crippen LogP contribution in [-0.2, 0) is 14.3 Å². The summed E-state index contributed by atoms with van der Waals surface area (Å²) < 4.78 is 5.52. The van der Waals surface area contributed by atoms with Crippen molar-refractivity contribution in [2.75, 3.05) is 13.2 Å². The molecule has 7 nitrogen and oxygen atoms in total. The molecule has 2 aromatic rings. The molecule has 0 heterocycles. The minimum atomic E-state index is -1.06. The number of carbonyl (C=O) groups is 3. The molecule has 0 bridgehead atoms. The number of hydrogen-bond donors (Lipinski definition) is 2. The zero-order chi connectivity index (χ0) is 23.3. The third kappa shape index (κ3) is 5.28. The van der Waals surface area contributed by atoms with Gasteiger partial charge < -0.3 is 20.1 Å². The van der Waals surface area contributed by atoms with E-state index in [4.69, 9.17) is 9.84 Å². The molecule has 2 amide bonds. The Morgan fingerprint density at radius 2 is 1.59 bits per heavy atom. The maximum atomic E-state index is 12.6. The van der Waals surface area contributed by atoms with Gasteiger partial charge in [0.25, 0.3) is 0 Å². The van der Waals surface area contributed by atoms with Crippen molar-refractivity contribution in [3.8, 4) is 11.1 Å². The number of hydrogen-bond acceptors (Lipinski definition) is 4. The second-order valence-electron chi connectivity index (χ2n) is 8.25. The van der Waals surface area contributed by atoms with Gasteiger partial charge in [-0.05, 0) is 42.5 Å². The zero-order valence-corrected chi connectivity index (χ0v) is 18.7. The highest BCUT2D eigenvalue weighted by molar-refractivity contribution is 5.82. The molecule has 0 spiro atoms. The number of carboxylic acid groups (broad SMARTS) is 1. The van der Waals surface area contributed by atoms with Crippen molar-refractivity contribution in [2.24, 2.45) is 0 Å². The van der Waals surface area contributed by atoms with Crippen LogP contribution in [-0.4, -0.2) is 53.2 Å². The van der Waals surface area contributed by atoms with Crippen LogP contribution >= 0.6 is 0 Å². The van der Waals surface area contributed by atoms with Crippen molar-refractivity contribution in [3.05, 3.63) is 59.7 Å². The highest BCUT2D eigenvalue weighted by Crippen LogP contribution is 2.44. The number of benzene rings is 2.